The molecule has 7 heteroatoms. The van der Waals surface area contributed by atoms with Gasteiger partial charge >= 0.3 is 0 Å². The van der Waals surface area contributed by atoms with E-state index in [4.69, 9.17) is 5.11 Å². The lowest BCUT2D eigenvalue weighted by Crippen LogP contribution is -2.13. The van der Waals surface area contributed by atoms with Crippen molar-refractivity contribution in [2.75, 3.05) is 4.72 Å². The highest BCUT2D eigenvalue weighted by atomic mass is 79.9. The topological polar surface area (TPSA) is 66.4 Å². The fraction of sp³-hybridized carbons (Fsp3) is 0.143. The third-order valence-corrected chi connectivity index (χ3v) is 6.13. The zero-order valence-corrected chi connectivity index (χ0v) is 15.1. The summed E-state index contributed by atoms with van der Waals surface area (Å²) in [5.41, 5.74) is 2.07. The second-order valence-electron chi connectivity index (χ2n) is 4.49. The van der Waals surface area contributed by atoms with Crippen LogP contribution in [0.4, 0.5) is 5.69 Å². The monoisotopic (exact) mass is 433 g/mol. The average molecular weight is 435 g/mol. The Balaban J connectivity index is 2.36. The van der Waals surface area contributed by atoms with Gasteiger partial charge in [-0.25, -0.2) is 8.42 Å². The minimum absolute atomic E-state index is 0.125. The molecule has 2 N–H and O–H groups in total. The number of hydrogen-bond acceptors (Lipinski definition) is 3. The van der Waals surface area contributed by atoms with E-state index in [-0.39, 0.29) is 11.5 Å². The molecule has 0 unspecified atom stereocenters. The van der Waals surface area contributed by atoms with Crippen LogP contribution in [0.5, 0.6) is 0 Å². The highest BCUT2D eigenvalue weighted by Gasteiger charge is 2.18. The number of hydrogen-bond donors (Lipinski definition) is 2. The molecule has 0 aliphatic carbocycles. The summed E-state index contributed by atoms with van der Waals surface area (Å²) in [6.45, 7) is 1.74. The Labute approximate surface area is 140 Å². The molecule has 0 bridgehead atoms. The van der Waals surface area contributed by atoms with Crippen LogP contribution in [0.15, 0.2) is 50.2 Å². The Bertz CT molecular complexity index is 776. The first-order valence-electron chi connectivity index (χ1n) is 6.02. The minimum atomic E-state index is -3.69. The van der Waals surface area contributed by atoms with Crippen molar-refractivity contribution < 1.29 is 13.5 Å². The maximum atomic E-state index is 12.4. The molecule has 0 spiro atoms. The number of halogens is 2. The van der Waals surface area contributed by atoms with Gasteiger partial charge < -0.3 is 5.11 Å². The van der Waals surface area contributed by atoms with E-state index in [1.54, 1.807) is 30.3 Å². The second kappa shape index (κ2) is 6.48. The quantitative estimate of drug-likeness (QED) is 0.768. The maximum absolute atomic E-state index is 12.4. The lowest BCUT2D eigenvalue weighted by molar-refractivity contribution is 0.281. The van der Waals surface area contributed by atoms with Gasteiger partial charge in [-0.3, -0.25) is 4.72 Å². The first-order valence-corrected chi connectivity index (χ1v) is 9.08. The molecule has 0 atom stereocenters. The molecule has 0 amide bonds. The summed E-state index contributed by atoms with van der Waals surface area (Å²) < 4.78 is 28.7. The van der Waals surface area contributed by atoms with Crippen LogP contribution >= 0.6 is 31.9 Å². The summed E-state index contributed by atoms with van der Waals surface area (Å²) in [6, 6.07) is 9.84. The summed E-state index contributed by atoms with van der Waals surface area (Å²) in [6.07, 6.45) is 0. The molecule has 0 aliphatic heterocycles. The van der Waals surface area contributed by atoms with Gasteiger partial charge in [0, 0.05) is 14.6 Å². The molecule has 0 aromatic heterocycles. The number of rotatable bonds is 4. The molecule has 21 heavy (non-hydrogen) atoms. The molecule has 2 rings (SSSR count). The van der Waals surface area contributed by atoms with E-state index >= 15 is 0 Å². The van der Waals surface area contributed by atoms with Crippen LogP contribution in [0.1, 0.15) is 11.1 Å². The van der Waals surface area contributed by atoms with E-state index < -0.39 is 10.0 Å². The standard InChI is InChI=1S/C14H13Br2NO3S/c1-9-6-11(3-4-12(9)15)17-21(19,20)14-5-2-10(8-18)7-13(14)16/h2-7,17-18H,8H2,1H3. The normalized spacial score (nSPS) is 11.4. The SMILES string of the molecule is Cc1cc(NS(=O)(=O)c2ccc(CO)cc2Br)ccc1Br. The summed E-state index contributed by atoms with van der Waals surface area (Å²) in [5.74, 6) is 0. The molecule has 2 aromatic rings. The third-order valence-electron chi connectivity index (χ3n) is 2.88. The van der Waals surface area contributed by atoms with E-state index in [0.717, 1.165) is 10.0 Å². The van der Waals surface area contributed by atoms with Gasteiger partial charge in [0.1, 0.15) is 4.90 Å². The Kier molecular flexibility index (Phi) is 5.08. The molecule has 2 aromatic carbocycles. The zero-order valence-electron chi connectivity index (χ0n) is 11.1. The number of benzene rings is 2. The van der Waals surface area contributed by atoms with Crippen LogP contribution in [0, 0.1) is 6.92 Å². The predicted octanol–water partition coefficient (Wildman–Crippen LogP) is 3.81. The van der Waals surface area contributed by atoms with Gasteiger partial charge in [-0.15, -0.1) is 0 Å². The van der Waals surface area contributed by atoms with Crippen molar-refractivity contribution in [1.82, 2.24) is 0 Å². The van der Waals surface area contributed by atoms with Gasteiger partial charge in [-0.1, -0.05) is 22.0 Å². The molecule has 0 fully saturated rings. The van der Waals surface area contributed by atoms with Crippen LogP contribution in [-0.4, -0.2) is 13.5 Å². The van der Waals surface area contributed by atoms with Crippen molar-refractivity contribution in [2.45, 2.75) is 18.4 Å². The van der Waals surface area contributed by atoms with E-state index in [0.29, 0.717) is 15.7 Å². The van der Waals surface area contributed by atoms with Crippen molar-refractivity contribution >= 4 is 47.6 Å². The predicted molar refractivity (Wildman–Crippen MR) is 89.8 cm³/mol. The smallest absolute Gasteiger partial charge is 0.263 e. The van der Waals surface area contributed by atoms with Crippen molar-refractivity contribution in [2.24, 2.45) is 0 Å². The molecular weight excluding hydrogens is 422 g/mol. The lowest BCUT2D eigenvalue weighted by atomic mass is 10.2. The number of sulfonamides is 1. The third kappa shape index (κ3) is 3.85. The van der Waals surface area contributed by atoms with E-state index in [9.17, 15) is 8.42 Å². The van der Waals surface area contributed by atoms with Crippen LogP contribution in [0.25, 0.3) is 0 Å². The molecule has 0 aliphatic rings. The van der Waals surface area contributed by atoms with Gasteiger partial charge in [0.2, 0.25) is 0 Å². The van der Waals surface area contributed by atoms with E-state index in [1.807, 2.05) is 6.92 Å². The number of aliphatic hydroxyl groups is 1. The van der Waals surface area contributed by atoms with E-state index in [1.165, 1.54) is 6.07 Å². The Morgan fingerprint density at radius 3 is 2.38 bits per heavy atom. The Morgan fingerprint density at radius 1 is 1.10 bits per heavy atom. The van der Waals surface area contributed by atoms with Gasteiger partial charge in [0.05, 0.1) is 6.61 Å². The second-order valence-corrected chi connectivity index (χ2v) is 7.85. The molecule has 0 heterocycles. The molecule has 4 nitrogen and oxygen atoms in total. The summed E-state index contributed by atoms with van der Waals surface area (Å²) in [5, 5.41) is 9.06. The molecular formula is C14H13Br2NO3S. The fourth-order valence-corrected chi connectivity index (χ4v) is 4.20. The molecule has 112 valence electrons. The zero-order chi connectivity index (χ0) is 15.6. The van der Waals surface area contributed by atoms with Crippen LogP contribution in [0.3, 0.4) is 0 Å². The van der Waals surface area contributed by atoms with Crippen molar-refractivity contribution in [3.63, 3.8) is 0 Å². The molecule has 0 saturated carbocycles. The number of aliphatic hydroxyl groups excluding tert-OH is 1. The number of nitrogens with one attached hydrogen (secondary N) is 1. The molecule has 0 radical (unpaired) electrons. The Morgan fingerprint density at radius 2 is 1.81 bits per heavy atom. The lowest BCUT2D eigenvalue weighted by Gasteiger charge is -2.11. The van der Waals surface area contributed by atoms with Crippen LogP contribution in [-0.2, 0) is 16.6 Å². The van der Waals surface area contributed by atoms with Gasteiger partial charge in [-0.2, -0.15) is 0 Å². The van der Waals surface area contributed by atoms with Crippen LogP contribution in [0.2, 0.25) is 0 Å². The summed E-state index contributed by atoms with van der Waals surface area (Å²) in [4.78, 5) is 0.125. The minimum Gasteiger partial charge on any atom is -0.392 e. The highest BCUT2D eigenvalue weighted by molar-refractivity contribution is 9.10. The number of aryl methyl sites for hydroxylation is 1. The van der Waals surface area contributed by atoms with Gasteiger partial charge in [0.15, 0.2) is 0 Å². The van der Waals surface area contributed by atoms with Gasteiger partial charge in [-0.05, 0) is 64.3 Å². The molecule has 0 saturated heterocycles. The maximum Gasteiger partial charge on any atom is 0.263 e. The Hall–Kier alpha value is -0.890. The first kappa shape index (κ1) is 16.5. The summed E-state index contributed by atoms with van der Waals surface area (Å²) in [7, 11) is -3.69. The highest BCUT2D eigenvalue weighted by Crippen LogP contribution is 2.27. The first-order chi connectivity index (χ1) is 9.83. The number of anilines is 1. The van der Waals surface area contributed by atoms with E-state index in [2.05, 4.69) is 36.6 Å². The fourth-order valence-electron chi connectivity index (χ4n) is 1.78. The average Bonchev–Trinajstić information content (AvgIpc) is 2.42. The van der Waals surface area contributed by atoms with Crippen molar-refractivity contribution in [1.29, 1.82) is 0 Å². The van der Waals surface area contributed by atoms with Gasteiger partial charge in [0.25, 0.3) is 10.0 Å². The van der Waals surface area contributed by atoms with Crippen molar-refractivity contribution in [3.05, 3.63) is 56.5 Å². The summed E-state index contributed by atoms with van der Waals surface area (Å²) >= 11 is 6.60. The largest absolute Gasteiger partial charge is 0.392 e. The van der Waals surface area contributed by atoms with Crippen molar-refractivity contribution in [3.8, 4) is 0 Å². The van der Waals surface area contributed by atoms with Crippen LogP contribution < -0.4 is 4.72 Å².